The second-order valence-corrected chi connectivity index (χ2v) is 6.98. The molecule has 0 fully saturated rings. The molecule has 1 aromatic heterocycles. The number of nitrogens with zero attached hydrogens (tertiary/aromatic N) is 3. The number of hydrogen-bond acceptors (Lipinski definition) is 3. The number of ether oxygens (including phenoxy) is 1. The summed E-state index contributed by atoms with van der Waals surface area (Å²) in [4.78, 5) is 4.69. The van der Waals surface area contributed by atoms with E-state index in [0.29, 0.717) is 6.54 Å². The third-order valence-corrected chi connectivity index (χ3v) is 4.48. The van der Waals surface area contributed by atoms with Crippen molar-refractivity contribution in [2.24, 2.45) is 12.0 Å². The zero-order chi connectivity index (χ0) is 19.8. The summed E-state index contributed by atoms with van der Waals surface area (Å²) < 4.78 is 7.85. The lowest BCUT2D eigenvalue weighted by atomic mass is 10.1. The standard InChI is InChI=1S/C21H33N5O/c1-7-22-21(23-14-16(3)27-19-11-9-8-10-12-19)24-15(2)13-20-17(4)25-26(6)18(20)5/h8-12,15-16H,7,13-14H2,1-6H3,(H2,22,23,24). The van der Waals surface area contributed by atoms with Crippen LogP contribution in [0.3, 0.4) is 0 Å². The van der Waals surface area contributed by atoms with Crippen molar-refractivity contribution in [2.75, 3.05) is 13.1 Å². The third kappa shape index (κ3) is 6.31. The van der Waals surface area contributed by atoms with Crippen LogP contribution in [0.5, 0.6) is 5.75 Å². The average molecular weight is 372 g/mol. The highest BCUT2D eigenvalue weighted by molar-refractivity contribution is 5.80. The number of para-hydroxylation sites is 1. The van der Waals surface area contributed by atoms with Crippen molar-refractivity contribution in [1.29, 1.82) is 0 Å². The van der Waals surface area contributed by atoms with Gasteiger partial charge in [0.05, 0.1) is 12.2 Å². The first-order chi connectivity index (χ1) is 12.9. The zero-order valence-corrected chi connectivity index (χ0v) is 17.4. The van der Waals surface area contributed by atoms with E-state index in [2.05, 4.69) is 48.4 Å². The molecule has 0 amide bonds. The monoisotopic (exact) mass is 371 g/mol. The van der Waals surface area contributed by atoms with E-state index >= 15 is 0 Å². The van der Waals surface area contributed by atoms with Crippen molar-refractivity contribution in [3.05, 3.63) is 47.3 Å². The Balaban J connectivity index is 1.93. The van der Waals surface area contributed by atoms with E-state index in [0.717, 1.165) is 30.4 Å². The van der Waals surface area contributed by atoms with Crippen molar-refractivity contribution in [1.82, 2.24) is 20.4 Å². The number of benzene rings is 1. The van der Waals surface area contributed by atoms with Crippen LogP contribution in [-0.2, 0) is 13.5 Å². The van der Waals surface area contributed by atoms with Gasteiger partial charge in [-0.05, 0) is 58.7 Å². The van der Waals surface area contributed by atoms with Gasteiger partial charge in [-0.1, -0.05) is 18.2 Å². The maximum atomic E-state index is 5.90. The first-order valence-electron chi connectivity index (χ1n) is 9.66. The number of hydrogen-bond donors (Lipinski definition) is 2. The molecule has 0 aliphatic heterocycles. The summed E-state index contributed by atoms with van der Waals surface area (Å²) in [5, 5.41) is 11.3. The molecule has 0 bridgehead atoms. The van der Waals surface area contributed by atoms with Crippen LogP contribution in [0.2, 0.25) is 0 Å². The molecule has 27 heavy (non-hydrogen) atoms. The predicted molar refractivity (Wildman–Crippen MR) is 111 cm³/mol. The molecule has 2 unspecified atom stereocenters. The van der Waals surface area contributed by atoms with E-state index in [1.807, 2.05) is 49.0 Å². The Hall–Kier alpha value is -2.50. The lowest BCUT2D eigenvalue weighted by molar-refractivity contribution is 0.230. The Morgan fingerprint density at radius 3 is 2.52 bits per heavy atom. The zero-order valence-electron chi connectivity index (χ0n) is 17.4. The van der Waals surface area contributed by atoms with Crippen LogP contribution < -0.4 is 15.4 Å². The maximum absolute atomic E-state index is 5.90. The predicted octanol–water partition coefficient (Wildman–Crippen LogP) is 2.99. The summed E-state index contributed by atoms with van der Waals surface area (Å²) in [6.45, 7) is 11.9. The molecule has 0 aliphatic carbocycles. The molecule has 0 aliphatic rings. The molecule has 1 aromatic carbocycles. The van der Waals surface area contributed by atoms with Crippen LogP contribution in [0.25, 0.3) is 0 Å². The lowest BCUT2D eigenvalue weighted by Gasteiger charge is -2.19. The van der Waals surface area contributed by atoms with Gasteiger partial charge in [0, 0.05) is 25.3 Å². The second kappa shape index (κ2) is 10.00. The van der Waals surface area contributed by atoms with Gasteiger partial charge >= 0.3 is 0 Å². The first kappa shape index (κ1) is 20.8. The average Bonchev–Trinajstić information content (AvgIpc) is 2.87. The van der Waals surface area contributed by atoms with Crippen molar-refractivity contribution in [3.63, 3.8) is 0 Å². The van der Waals surface area contributed by atoms with Gasteiger partial charge in [-0.25, -0.2) is 4.99 Å². The molecule has 1 heterocycles. The van der Waals surface area contributed by atoms with Crippen molar-refractivity contribution in [2.45, 2.75) is 53.2 Å². The molecule has 0 radical (unpaired) electrons. The summed E-state index contributed by atoms with van der Waals surface area (Å²) in [5.74, 6) is 1.68. The molecule has 0 spiro atoms. The Bertz CT molecular complexity index is 739. The summed E-state index contributed by atoms with van der Waals surface area (Å²) >= 11 is 0. The molecule has 148 valence electrons. The number of aromatic nitrogens is 2. The van der Waals surface area contributed by atoms with Crippen LogP contribution in [0.4, 0.5) is 0 Å². The van der Waals surface area contributed by atoms with Crippen molar-refractivity contribution in [3.8, 4) is 5.75 Å². The van der Waals surface area contributed by atoms with E-state index in [-0.39, 0.29) is 12.1 Å². The molecule has 2 atom stereocenters. The summed E-state index contributed by atoms with van der Waals surface area (Å²) in [6.07, 6.45) is 0.910. The molecule has 2 rings (SSSR count). The van der Waals surface area contributed by atoms with Gasteiger partial charge < -0.3 is 15.4 Å². The van der Waals surface area contributed by atoms with E-state index in [1.54, 1.807) is 0 Å². The topological polar surface area (TPSA) is 63.5 Å². The molecule has 6 nitrogen and oxygen atoms in total. The van der Waals surface area contributed by atoms with Gasteiger partial charge in [0.15, 0.2) is 5.96 Å². The molecular weight excluding hydrogens is 338 g/mol. The van der Waals surface area contributed by atoms with Gasteiger partial charge in [-0.15, -0.1) is 0 Å². The van der Waals surface area contributed by atoms with Crippen LogP contribution in [-0.4, -0.2) is 41.0 Å². The fraction of sp³-hybridized carbons (Fsp3) is 0.524. The summed E-state index contributed by atoms with van der Waals surface area (Å²) in [6, 6.07) is 10.1. The van der Waals surface area contributed by atoms with Gasteiger partial charge in [0.25, 0.3) is 0 Å². The fourth-order valence-corrected chi connectivity index (χ4v) is 3.01. The van der Waals surface area contributed by atoms with Crippen LogP contribution >= 0.6 is 0 Å². The highest BCUT2D eigenvalue weighted by atomic mass is 16.5. The molecule has 2 N–H and O–H groups in total. The minimum atomic E-state index is 0.000902. The lowest BCUT2D eigenvalue weighted by Crippen LogP contribution is -2.43. The number of guanidine groups is 1. The molecular formula is C21H33N5O. The minimum Gasteiger partial charge on any atom is -0.489 e. The van der Waals surface area contributed by atoms with Gasteiger partial charge in [0.2, 0.25) is 0 Å². The van der Waals surface area contributed by atoms with Crippen LogP contribution in [0.1, 0.15) is 37.7 Å². The van der Waals surface area contributed by atoms with Crippen LogP contribution in [0, 0.1) is 13.8 Å². The Morgan fingerprint density at radius 1 is 1.22 bits per heavy atom. The SMILES string of the molecule is CCNC(=NCC(C)Oc1ccccc1)NC(C)Cc1c(C)nn(C)c1C. The Kier molecular flexibility index (Phi) is 7.70. The highest BCUT2D eigenvalue weighted by Gasteiger charge is 2.14. The number of rotatable bonds is 8. The minimum absolute atomic E-state index is 0.000902. The summed E-state index contributed by atoms with van der Waals surface area (Å²) in [7, 11) is 1.99. The maximum Gasteiger partial charge on any atom is 0.191 e. The Morgan fingerprint density at radius 2 is 1.93 bits per heavy atom. The van der Waals surface area contributed by atoms with Crippen molar-refractivity contribution < 1.29 is 4.74 Å². The second-order valence-electron chi connectivity index (χ2n) is 6.98. The normalized spacial score (nSPS) is 13.9. The van der Waals surface area contributed by atoms with Gasteiger partial charge in [-0.2, -0.15) is 5.10 Å². The number of aryl methyl sites for hydroxylation is 2. The fourth-order valence-electron chi connectivity index (χ4n) is 3.01. The quantitative estimate of drug-likeness (QED) is 0.553. The third-order valence-electron chi connectivity index (χ3n) is 4.48. The van der Waals surface area contributed by atoms with E-state index in [1.165, 1.54) is 11.3 Å². The number of nitrogens with one attached hydrogen (secondary N) is 2. The molecule has 0 saturated heterocycles. The smallest absolute Gasteiger partial charge is 0.191 e. The summed E-state index contributed by atoms with van der Waals surface area (Å²) in [5.41, 5.74) is 3.61. The first-order valence-corrected chi connectivity index (χ1v) is 9.66. The molecule has 6 heteroatoms. The van der Waals surface area contributed by atoms with E-state index < -0.39 is 0 Å². The van der Waals surface area contributed by atoms with Crippen molar-refractivity contribution >= 4 is 5.96 Å². The Labute approximate surface area is 163 Å². The highest BCUT2D eigenvalue weighted by Crippen LogP contribution is 2.14. The van der Waals surface area contributed by atoms with E-state index in [4.69, 9.17) is 4.74 Å². The molecule has 2 aromatic rings. The largest absolute Gasteiger partial charge is 0.489 e. The van der Waals surface area contributed by atoms with Gasteiger partial charge in [-0.3, -0.25) is 4.68 Å². The number of aliphatic imine (C=N–C) groups is 1. The molecule has 0 saturated carbocycles. The van der Waals surface area contributed by atoms with E-state index in [9.17, 15) is 0 Å². The van der Waals surface area contributed by atoms with Gasteiger partial charge in [0.1, 0.15) is 11.9 Å². The van der Waals surface area contributed by atoms with Crippen LogP contribution in [0.15, 0.2) is 35.3 Å².